The largest absolute Gasteiger partial charge is 0.289 e. The molecule has 1 aliphatic rings. The van der Waals surface area contributed by atoms with Crippen molar-refractivity contribution in [2.24, 2.45) is 0 Å². The maximum atomic E-state index is 11.2. The van der Waals surface area contributed by atoms with Gasteiger partial charge in [-0.1, -0.05) is 39.0 Å². The lowest BCUT2D eigenvalue weighted by atomic mass is 10.1. The number of carbonyl (C=O) groups is 2. The summed E-state index contributed by atoms with van der Waals surface area (Å²) < 4.78 is 0. The molecule has 0 spiro atoms. The summed E-state index contributed by atoms with van der Waals surface area (Å²) in [4.78, 5) is 22.0. The second kappa shape index (κ2) is 6.38. The smallest absolute Gasteiger partial charge is 0.254 e. The molecule has 1 N–H and O–H groups in total. The van der Waals surface area contributed by atoms with Crippen molar-refractivity contribution in [2.45, 2.75) is 51.9 Å². The summed E-state index contributed by atoms with van der Waals surface area (Å²) in [7, 11) is 0. The van der Waals surface area contributed by atoms with Crippen LogP contribution in [0.5, 0.6) is 0 Å². The van der Waals surface area contributed by atoms with Gasteiger partial charge in [-0.25, -0.2) is 0 Å². The van der Waals surface area contributed by atoms with Crippen LogP contribution in [0.15, 0.2) is 11.6 Å². The van der Waals surface area contributed by atoms with E-state index in [1.807, 2.05) is 0 Å². The van der Waals surface area contributed by atoms with E-state index in [1.54, 1.807) is 0 Å². The first-order valence-corrected chi connectivity index (χ1v) is 5.80. The molecule has 1 heterocycles. The van der Waals surface area contributed by atoms with Gasteiger partial charge in [-0.05, 0) is 12.8 Å². The predicted molar refractivity (Wildman–Crippen MR) is 59.2 cm³/mol. The fraction of sp³-hybridized carbons (Fsp3) is 0.667. The van der Waals surface area contributed by atoms with Crippen LogP contribution >= 0.6 is 0 Å². The van der Waals surface area contributed by atoms with E-state index >= 15 is 0 Å². The van der Waals surface area contributed by atoms with E-state index in [4.69, 9.17) is 0 Å². The number of hydrogen-bond acceptors (Lipinski definition) is 2. The number of rotatable bonds is 7. The number of hydrogen-bond donors (Lipinski definition) is 1. The second-order valence-electron chi connectivity index (χ2n) is 4.01. The molecule has 0 aliphatic carbocycles. The van der Waals surface area contributed by atoms with Gasteiger partial charge in [0.05, 0.1) is 0 Å². The molecule has 15 heavy (non-hydrogen) atoms. The molecule has 0 radical (unpaired) electrons. The van der Waals surface area contributed by atoms with E-state index in [0.717, 1.165) is 19.3 Å². The second-order valence-corrected chi connectivity index (χ2v) is 4.01. The fourth-order valence-electron chi connectivity index (χ4n) is 1.73. The molecular weight excluding hydrogens is 190 g/mol. The monoisotopic (exact) mass is 209 g/mol. The molecule has 0 aromatic rings. The van der Waals surface area contributed by atoms with Gasteiger partial charge in [0.2, 0.25) is 0 Å². The Hall–Kier alpha value is -1.12. The van der Waals surface area contributed by atoms with E-state index in [1.165, 1.54) is 31.8 Å². The van der Waals surface area contributed by atoms with Gasteiger partial charge < -0.3 is 0 Å². The van der Waals surface area contributed by atoms with Crippen LogP contribution in [-0.4, -0.2) is 11.8 Å². The van der Waals surface area contributed by atoms with Gasteiger partial charge >= 0.3 is 0 Å². The van der Waals surface area contributed by atoms with Crippen molar-refractivity contribution in [1.29, 1.82) is 0 Å². The van der Waals surface area contributed by atoms with E-state index < -0.39 is 0 Å². The zero-order chi connectivity index (χ0) is 11.1. The highest BCUT2D eigenvalue weighted by Crippen LogP contribution is 2.14. The first kappa shape index (κ1) is 12.0. The Morgan fingerprint density at radius 3 is 2.33 bits per heavy atom. The van der Waals surface area contributed by atoms with Crippen LogP contribution in [-0.2, 0) is 9.59 Å². The predicted octanol–water partition coefficient (Wildman–Crippen LogP) is 2.32. The SMILES string of the molecule is CCCCCCCCC1=CC(=O)NC1=O. The van der Waals surface area contributed by atoms with Crippen LogP contribution < -0.4 is 5.32 Å². The van der Waals surface area contributed by atoms with Crippen molar-refractivity contribution in [1.82, 2.24) is 5.32 Å². The topological polar surface area (TPSA) is 46.2 Å². The van der Waals surface area contributed by atoms with E-state index in [0.29, 0.717) is 5.57 Å². The number of imide groups is 1. The quantitative estimate of drug-likeness (QED) is 0.516. The Morgan fingerprint density at radius 2 is 1.73 bits per heavy atom. The number of nitrogens with one attached hydrogen (secondary N) is 1. The van der Waals surface area contributed by atoms with Crippen LogP contribution in [0.2, 0.25) is 0 Å². The van der Waals surface area contributed by atoms with Gasteiger partial charge in [-0.2, -0.15) is 0 Å². The minimum absolute atomic E-state index is 0.200. The zero-order valence-corrected chi connectivity index (χ0v) is 9.34. The summed E-state index contributed by atoms with van der Waals surface area (Å²) in [6, 6.07) is 0. The van der Waals surface area contributed by atoms with Crippen molar-refractivity contribution in [2.75, 3.05) is 0 Å². The molecule has 0 fully saturated rings. The average molecular weight is 209 g/mol. The standard InChI is InChI=1S/C12H19NO2/c1-2-3-4-5-6-7-8-10-9-11(14)13-12(10)15/h9H,2-8H2,1H3,(H,13,14,15). The number of carbonyl (C=O) groups excluding carboxylic acids is 2. The lowest BCUT2D eigenvalue weighted by Crippen LogP contribution is -2.22. The summed E-state index contributed by atoms with van der Waals surface area (Å²) in [5.41, 5.74) is 0.649. The number of unbranched alkanes of at least 4 members (excludes halogenated alkanes) is 5. The molecule has 84 valence electrons. The van der Waals surface area contributed by atoms with E-state index in [9.17, 15) is 9.59 Å². The van der Waals surface area contributed by atoms with Crippen molar-refractivity contribution >= 4 is 11.8 Å². The molecule has 2 amide bonds. The maximum Gasteiger partial charge on any atom is 0.254 e. The molecule has 0 aromatic carbocycles. The van der Waals surface area contributed by atoms with Gasteiger partial charge in [0, 0.05) is 11.6 Å². The average Bonchev–Trinajstić information content (AvgIpc) is 2.51. The van der Waals surface area contributed by atoms with Gasteiger partial charge in [0.15, 0.2) is 0 Å². The molecular formula is C12H19NO2. The molecule has 3 nitrogen and oxygen atoms in total. The summed E-state index contributed by atoms with van der Waals surface area (Å²) in [6.45, 7) is 2.19. The first-order valence-electron chi connectivity index (χ1n) is 5.80. The molecule has 0 aromatic heterocycles. The van der Waals surface area contributed by atoms with Crippen LogP contribution in [0.1, 0.15) is 51.9 Å². The van der Waals surface area contributed by atoms with Crippen molar-refractivity contribution in [3.8, 4) is 0 Å². The summed E-state index contributed by atoms with van der Waals surface area (Å²) >= 11 is 0. The highest BCUT2D eigenvalue weighted by Gasteiger charge is 2.19. The molecule has 3 heteroatoms. The van der Waals surface area contributed by atoms with Gasteiger partial charge in [0.25, 0.3) is 11.8 Å². The van der Waals surface area contributed by atoms with E-state index in [2.05, 4.69) is 12.2 Å². The van der Waals surface area contributed by atoms with Gasteiger partial charge in [-0.15, -0.1) is 0 Å². The third kappa shape index (κ3) is 4.28. The summed E-state index contributed by atoms with van der Waals surface area (Å²) in [6.07, 6.45) is 9.38. The van der Waals surface area contributed by atoms with Crippen LogP contribution in [0, 0.1) is 0 Å². The first-order chi connectivity index (χ1) is 7.24. The molecule has 0 saturated carbocycles. The molecule has 1 rings (SSSR count). The zero-order valence-electron chi connectivity index (χ0n) is 9.34. The minimum atomic E-state index is -0.263. The third-order valence-corrected chi connectivity index (χ3v) is 2.63. The van der Waals surface area contributed by atoms with Crippen LogP contribution in [0.4, 0.5) is 0 Å². The molecule has 0 unspecified atom stereocenters. The Balaban J connectivity index is 2.08. The Kier molecular flexibility index (Phi) is 5.08. The third-order valence-electron chi connectivity index (χ3n) is 2.63. The molecule has 0 bridgehead atoms. The van der Waals surface area contributed by atoms with Gasteiger partial charge in [0.1, 0.15) is 0 Å². The van der Waals surface area contributed by atoms with E-state index in [-0.39, 0.29) is 11.8 Å². The summed E-state index contributed by atoms with van der Waals surface area (Å²) in [5, 5.41) is 2.26. The summed E-state index contributed by atoms with van der Waals surface area (Å²) in [5.74, 6) is -0.463. The highest BCUT2D eigenvalue weighted by molar-refractivity contribution is 6.16. The van der Waals surface area contributed by atoms with Crippen molar-refractivity contribution in [3.63, 3.8) is 0 Å². The van der Waals surface area contributed by atoms with Crippen LogP contribution in [0.25, 0.3) is 0 Å². The molecule has 0 saturated heterocycles. The Morgan fingerprint density at radius 1 is 1.07 bits per heavy atom. The Bertz CT molecular complexity index is 269. The minimum Gasteiger partial charge on any atom is -0.289 e. The molecule has 0 atom stereocenters. The normalized spacial score (nSPS) is 15.4. The Labute approximate surface area is 90.9 Å². The van der Waals surface area contributed by atoms with Crippen LogP contribution in [0.3, 0.4) is 0 Å². The lowest BCUT2D eigenvalue weighted by Gasteiger charge is -2.00. The maximum absolute atomic E-state index is 11.2. The highest BCUT2D eigenvalue weighted by atomic mass is 16.2. The lowest BCUT2D eigenvalue weighted by molar-refractivity contribution is -0.123. The van der Waals surface area contributed by atoms with Crippen molar-refractivity contribution < 1.29 is 9.59 Å². The molecule has 1 aliphatic heterocycles. The fourth-order valence-corrected chi connectivity index (χ4v) is 1.73. The van der Waals surface area contributed by atoms with Crippen molar-refractivity contribution in [3.05, 3.63) is 11.6 Å². The number of amides is 2. The van der Waals surface area contributed by atoms with Gasteiger partial charge in [-0.3, -0.25) is 14.9 Å².